The first-order valence-electron chi connectivity index (χ1n) is 5.19. The SMILES string of the molecule is O=C(COc1ccccc1)Nc1cnc(Cl)cn1. The van der Waals surface area contributed by atoms with Gasteiger partial charge >= 0.3 is 0 Å². The lowest BCUT2D eigenvalue weighted by atomic mass is 10.3. The second-order valence-electron chi connectivity index (χ2n) is 3.37. The second kappa shape index (κ2) is 5.97. The van der Waals surface area contributed by atoms with Crippen LogP contribution in [0.15, 0.2) is 42.7 Å². The molecule has 0 aliphatic carbocycles. The van der Waals surface area contributed by atoms with Crippen LogP contribution >= 0.6 is 11.6 Å². The van der Waals surface area contributed by atoms with Gasteiger partial charge in [-0.05, 0) is 12.1 Å². The van der Waals surface area contributed by atoms with Gasteiger partial charge in [-0.2, -0.15) is 0 Å². The van der Waals surface area contributed by atoms with Gasteiger partial charge in [0.1, 0.15) is 10.9 Å². The van der Waals surface area contributed by atoms with Crippen LogP contribution in [0.3, 0.4) is 0 Å². The zero-order chi connectivity index (χ0) is 12.8. The number of anilines is 1. The number of hydrogen-bond acceptors (Lipinski definition) is 4. The highest BCUT2D eigenvalue weighted by molar-refractivity contribution is 6.29. The predicted octanol–water partition coefficient (Wildman–Crippen LogP) is 2.15. The maximum absolute atomic E-state index is 11.5. The quantitative estimate of drug-likeness (QED) is 0.918. The molecular weight excluding hydrogens is 254 g/mol. The number of hydrogen-bond donors (Lipinski definition) is 1. The summed E-state index contributed by atoms with van der Waals surface area (Å²) in [5, 5.41) is 2.81. The molecule has 0 atom stereocenters. The molecule has 0 spiro atoms. The molecule has 0 aliphatic rings. The van der Waals surface area contributed by atoms with Crippen LogP contribution in [0.2, 0.25) is 5.15 Å². The van der Waals surface area contributed by atoms with Gasteiger partial charge in [-0.1, -0.05) is 29.8 Å². The number of para-hydroxylation sites is 1. The maximum atomic E-state index is 11.5. The van der Waals surface area contributed by atoms with Gasteiger partial charge < -0.3 is 10.1 Å². The summed E-state index contributed by atoms with van der Waals surface area (Å²) in [7, 11) is 0. The van der Waals surface area contributed by atoms with Crippen molar-refractivity contribution in [3.8, 4) is 5.75 Å². The van der Waals surface area contributed by atoms with E-state index in [-0.39, 0.29) is 17.7 Å². The highest BCUT2D eigenvalue weighted by Gasteiger charge is 2.04. The van der Waals surface area contributed by atoms with E-state index in [0.717, 1.165) is 0 Å². The van der Waals surface area contributed by atoms with E-state index in [0.29, 0.717) is 11.6 Å². The molecule has 0 fully saturated rings. The largest absolute Gasteiger partial charge is 0.484 e. The Bertz CT molecular complexity index is 517. The lowest BCUT2D eigenvalue weighted by Gasteiger charge is -2.06. The average Bonchev–Trinajstić information content (AvgIpc) is 2.40. The number of carbonyl (C=O) groups excluding carboxylic acids is 1. The molecule has 92 valence electrons. The molecule has 0 aliphatic heterocycles. The topological polar surface area (TPSA) is 64.1 Å². The van der Waals surface area contributed by atoms with Crippen LogP contribution in [0.4, 0.5) is 5.82 Å². The van der Waals surface area contributed by atoms with Crippen molar-refractivity contribution in [1.82, 2.24) is 9.97 Å². The van der Waals surface area contributed by atoms with Crippen LogP contribution in [0, 0.1) is 0 Å². The summed E-state index contributed by atoms with van der Waals surface area (Å²) in [5.74, 6) is 0.659. The van der Waals surface area contributed by atoms with Crippen molar-refractivity contribution in [3.63, 3.8) is 0 Å². The lowest BCUT2D eigenvalue weighted by molar-refractivity contribution is -0.118. The molecule has 1 amide bonds. The highest BCUT2D eigenvalue weighted by atomic mass is 35.5. The van der Waals surface area contributed by atoms with Crippen LogP contribution in [0.5, 0.6) is 5.75 Å². The Morgan fingerprint density at radius 1 is 1.22 bits per heavy atom. The zero-order valence-corrected chi connectivity index (χ0v) is 10.1. The molecule has 0 saturated carbocycles. The number of carbonyl (C=O) groups is 1. The van der Waals surface area contributed by atoms with E-state index >= 15 is 0 Å². The number of ether oxygens (including phenoxy) is 1. The Morgan fingerprint density at radius 2 is 2.00 bits per heavy atom. The Morgan fingerprint density at radius 3 is 2.67 bits per heavy atom. The van der Waals surface area contributed by atoms with E-state index in [2.05, 4.69) is 15.3 Å². The van der Waals surface area contributed by atoms with E-state index in [9.17, 15) is 4.79 Å². The van der Waals surface area contributed by atoms with E-state index in [1.807, 2.05) is 18.2 Å². The van der Waals surface area contributed by atoms with Crippen molar-refractivity contribution in [2.75, 3.05) is 11.9 Å². The van der Waals surface area contributed by atoms with Crippen LogP contribution in [0.1, 0.15) is 0 Å². The van der Waals surface area contributed by atoms with Gasteiger partial charge in [0.15, 0.2) is 12.4 Å². The normalized spacial score (nSPS) is 9.83. The van der Waals surface area contributed by atoms with E-state index in [4.69, 9.17) is 16.3 Å². The standard InChI is InChI=1S/C12H10ClN3O2/c13-10-6-15-11(7-14-10)16-12(17)8-18-9-4-2-1-3-5-9/h1-7H,8H2,(H,15,16,17). The molecular formula is C12H10ClN3O2. The fourth-order valence-electron chi connectivity index (χ4n) is 1.22. The van der Waals surface area contributed by atoms with Gasteiger partial charge in [-0.3, -0.25) is 4.79 Å². The number of halogens is 1. The van der Waals surface area contributed by atoms with Crippen LogP contribution in [-0.2, 0) is 4.79 Å². The first-order chi connectivity index (χ1) is 8.74. The van der Waals surface area contributed by atoms with Gasteiger partial charge in [0.25, 0.3) is 5.91 Å². The van der Waals surface area contributed by atoms with Gasteiger partial charge in [0.2, 0.25) is 0 Å². The van der Waals surface area contributed by atoms with Gasteiger partial charge in [-0.15, -0.1) is 0 Å². The van der Waals surface area contributed by atoms with Crippen molar-refractivity contribution >= 4 is 23.3 Å². The number of nitrogens with one attached hydrogen (secondary N) is 1. The molecule has 1 aromatic heterocycles. The molecule has 1 N–H and O–H groups in total. The summed E-state index contributed by atoms with van der Waals surface area (Å²) in [4.78, 5) is 19.2. The average molecular weight is 264 g/mol. The predicted molar refractivity (Wildman–Crippen MR) is 67.6 cm³/mol. The minimum absolute atomic E-state index is 0.0890. The molecule has 18 heavy (non-hydrogen) atoms. The Kier molecular flexibility index (Phi) is 4.09. The molecule has 1 heterocycles. The first-order valence-corrected chi connectivity index (χ1v) is 5.57. The molecule has 1 aromatic carbocycles. The molecule has 0 radical (unpaired) electrons. The maximum Gasteiger partial charge on any atom is 0.263 e. The molecule has 0 bridgehead atoms. The van der Waals surface area contributed by atoms with Crippen molar-refractivity contribution in [3.05, 3.63) is 47.9 Å². The number of aromatic nitrogens is 2. The summed E-state index contributed by atoms with van der Waals surface area (Å²) < 4.78 is 5.28. The van der Waals surface area contributed by atoms with Crippen molar-refractivity contribution in [2.24, 2.45) is 0 Å². The van der Waals surface area contributed by atoms with Gasteiger partial charge in [0, 0.05) is 0 Å². The monoisotopic (exact) mass is 263 g/mol. The smallest absolute Gasteiger partial charge is 0.263 e. The number of rotatable bonds is 4. The van der Waals surface area contributed by atoms with E-state index in [1.165, 1.54) is 12.4 Å². The minimum atomic E-state index is -0.310. The summed E-state index contributed by atoms with van der Waals surface area (Å²) >= 11 is 5.58. The van der Waals surface area contributed by atoms with Crippen LogP contribution < -0.4 is 10.1 Å². The number of benzene rings is 1. The van der Waals surface area contributed by atoms with Gasteiger partial charge in [-0.25, -0.2) is 9.97 Å². The van der Waals surface area contributed by atoms with Crippen molar-refractivity contribution in [1.29, 1.82) is 0 Å². The van der Waals surface area contributed by atoms with Crippen LogP contribution in [-0.4, -0.2) is 22.5 Å². The third-order valence-corrected chi connectivity index (χ3v) is 2.20. The van der Waals surface area contributed by atoms with E-state index < -0.39 is 0 Å². The third-order valence-electron chi connectivity index (χ3n) is 2.00. The van der Waals surface area contributed by atoms with Crippen molar-refractivity contribution in [2.45, 2.75) is 0 Å². The first kappa shape index (κ1) is 12.3. The lowest BCUT2D eigenvalue weighted by Crippen LogP contribution is -2.20. The summed E-state index contributed by atoms with van der Waals surface area (Å²) in [5.41, 5.74) is 0. The molecule has 2 rings (SSSR count). The Labute approximate surface area is 109 Å². The summed E-state index contributed by atoms with van der Waals surface area (Å²) in [6.07, 6.45) is 2.73. The molecule has 2 aromatic rings. The van der Waals surface area contributed by atoms with E-state index in [1.54, 1.807) is 12.1 Å². The van der Waals surface area contributed by atoms with Gasteiger partial charge in [0.05, 0.1) is 12.4 Å². The number of nitrogens with zero attached hydrogens (tertiary/aromatic N) is 2. The molecule has 0 unspecified atom stereocenters. The van der Waals surface area contributed by atoms with Crippen molar-refractivity contribution < 1.29 is 9.53 Å². The molecule has 5 nitrogen and oxygen atoms in total. The minimum Gasteiger partial charge on any atom is -0.484 e. The fraction of sp³-hybridized carbons (Fsp3) is 0.0833. The zero-order valence-electron chi connectivity index (χ0n) is 9.34. The second-order valence-corrected chi connectivity index (χ2v) is 3.76. The Hall–Kier alpha value is -2.14. The summed E-state index contributed by atoms with van der Waals surface area (Å²) in [6.45, 7) is -0.0890. The highest BCUT2D eigenvalue weighted by Crippen LogP contribution is 2.08. The third kappa shape index (κ3) is 3.71. The summed E-state index contributed by atoms with van der Waals surface area (Å²) in [6, 6.07) is 9.08. The Balaban J connectivity index is 1.84. The molecule has 0 saturated heterocycles. The number of amides is 1. The van der Waals surface area contributed by atoms with Crippen LogP contribution in [0.25, 0.3) is 0 Å². The molecule has 6 heteroatoms. The fourth-order valence-corrected chi connectivity index (χ4v) is 1.32.